The minimum absolute atomic E-state index is 0.0810. The Kier molecular flexibility index (Phi) is 4.55. The monoisotopic (exact) mass is 215 g/mol. The zero-order valence-corrected chi connectivity index (χ0v) is 8.94. The molecular weight excluding hydrogens is 198 g/mol. The van der Waals surface area contributed by atoms with Gasteiger partial charge in [0.1, 0.15) is 0 Å². The van der Waals surface area contributed by atoms with Crippen molar-refractivity contribution in [1.29, 1.82) is 0 Å². The van der Waals surface area contributed by atoms with Gasteiger partial charge in [-0.1, -0.05) is 6.92 Å². The quantitative estimate of drug-likeness (QED) is 0.649. The number of carboxylic acids is 1. The van der Waals surface area contributed by atoms with Crippen molar-refractivity contribution in [1.82, 2.24) is 4.90 Å². The topological polar surface area (TPSA) is 66.8 Å². The predicted molar refractivity (Wildman–Crippen MR) is 53.4 cm³/mol. The van der Waals surface area contributed by atoms with Crippen LogP contribution in [-0.2, 0) is 14.3 Å². The molecule has 1 aliphatic rings. The summed E-state index contributed by atoms with van der Waals surface area (Å²) in [6.45, 7) is 4.02. The van der Waals surface area contributed by atoms with Crippen molar-refractivity contribution >= 4 is 11.9 Å². The molecule has 5 nitrogen and oxygen atoms in total. The molecule has 0 aliphatic carbocycles. The first kappa shape index (κ1) is 12.0. The molecule has 5 heteroatoms. The Bertz CT molecular complexity index is 242. The van der Waals surface area contributed by atoms with Crippen LogP contribution in [0.5, 0.6) is 0 Å². The average Bonchev–Trinajstić information content (AvgIpc) is 2.55. The highest BCUT2D eigenvalue weighted by atomic mass is 16.5. The predicted octanol–water partition coefficient (Wildman–Crippen LogP) is 0.346. The van der Waals surface area contributed by atoms with Crippen LogP contribution in [0.15, 0.2) is 0 Å². The summed E-state index contributed by atoms with van der Waals surface area (Å²) in [5, 5.41) is 8.75. The highest BCUT2D eigenvalue weighted by Gasteiger charge is 2.33. The number of likely N-dealkylation sites (tertiary alicyclic amines) is 1. The number of carboxylic acid groups (broad SMARTS) is 1. The van der Waals surface area contributed by atoms with Gasteiger partial charge in [0.25, 0.3) is 0 Å². The number of carbonyl (C=O) groups is 2. The van der Waals surface area contributed by atoms with E-state index >= 15 is 0 Å². The maximum absolute atomic E-state index is 11.4. The summed E-state index contributed by atoms with van der Waals surface area (Å²) < 4.78 is 5.25. The van der Waals surface area contributed by atoms with E-state index in [1.807, 2.05) is 6.92 Å². The number of amides is 1. The zero-order chi connectivity index (χ0) is 11.3. The summed E-state index contributed by atoms with van der Waals surface area (Å²) in [6.07, 6.45) is 1.08. The van der Waals surface area contributed by atoms with E-state index in [1.54, 1.807) is 4.90 Å². The molecule has 1 saturated heterocycles. The number of hydrogen-bond acceptors (Lipinski definition) is 3. The molecule has 15 heavy (non-hydrogen) atoms. The van der Waals surface area contributed by atoms with Crippen LogP contribution < -0.4 is 0 Å². The van der Waals surface area contributed by atoms with Crippen molar-refractivity contribution in [3.8, 4) is 0 Å². The van der Waals surface area contributed by atoms with E-state index in [1.165, 1.54) is 0 Å². The summed E-state index contributed by atoms with van der Waals surface area (Å²) in [7, 11) is 0. The molecular formula is C10H17NO4. The summed E-state index contributed by atoms with van der Waals surface area (Å²) in [6, 6.07) is 0. The standard InChI is InChI=1S/C10H17NO4/c1-2-4-15-5-3-11-7-8(10(13)14)6-9(11)12/h8H,2-7H2,1H3,(H,13,14)/t8-/m0/s1. The number of carbonyl (C=O) groups excluding carboxylic acids is 1. The normalized spacial score (nSPS) is 21.0. The Hall–Kier alpha value is -1.10. The third-order valence-electron chi connectivity index (χ3n) is 2.42. The van der Waals surface area contributed by atoms with Gasteiger partial charge in [-0.2, -0.15) is 0 Å². The van der Waals surface area contributed by atoms with Gasteiger partial charge in [0.05, 0.1) is 12.5 Å². The van der Waals surface area contributed by atoms with Gasteiger partial charge in [-0.25, -0.2) is 0 Å². The fourth-order valence-electron chi connectivity index (χ4n) is 1.57. The lowest BCUT2D eigenvalue weighted by molar-refractivity contribution is -0.141. The molecule has 0 unspecified atom stereocenters. The van der Waals surface area contributed by atoms with Gasteiger partial charge >= 0.3 is 5.97 Å². The summed E-state index contributed by atoms with van der Waals surface area (Å²) >= 11 is 0. The minimum atomic E-state index is -0.889. The summed E-state index contributed by atoms with van der Waals surface area (Å²) in [5.41, 5.74) is 0. The number of hydrogen-bond donors (Lipinski definition) is 1. The second-order valence-electron chi connectivity index (χ2n) is 3.69. The van der Waals surface area contributed by atoms with Crippen molar-refractivity contribution in [2.45, 2.75) is 19.8 Å². The Morgan fingerprint density at radius 3 is 2.87 bits per heavy atom. The van der Waals surface area contributed by atoms with Gasteiger partial charge in [-0.3, -0.25) is 9.59 Å². The van der Waals surface area contributed by atoms with E-state index in [0.717, 1.165) is 6.42 Å². The molecule has 1 N–H and O–H groups in total. The molecule has 1 aliphatic heterocycles. The highest BCUT2D eigenvalue weighted by Crippen LogP contribution is 2.17. The van der Waals surface area contributed by atoms with Gasteiger partial charge < -0.3 is 14.7 Å². The molecule has 0 aromatic rings. The first-order valence-electron chi connectivity index (χ1n) is 5.23. The number of rotatable bonds is 6. The largest absolute Gasteiger partial charge is 0.481 e. The molecule has 1 heterocycles. The maximum Gasteiger partial charge on any atom is 0.308 e. The highest BCUT2D eigenvalue weighted by molar-refractivity contribution is 5.86. The second-order valence-corrected chi connectivity index (χ2v) is 3.69. The molecule has 0 bridgehead atoms. The van der Waals surface area contributed by atoms with Crippen LogP contribution in [0.25, 0.3) is 0 Å². The molecule has 0 saturated carbocycles. The van der Waals surface area contributed by atoms with E-state index in [2.05, 4.69) is 0 Å². The molecule has 0 aromatic heterocycles. The number of nitrogens with zero attached hydrogens (tertiary/aromatic N) is 1. The maximum atomic E-state index is 11.4. The van der Waals surface area contributed by atoms with Gasteiger partial charge in [-0.15, -0.1) is 0 Å². The zero-order valence-electron chi connectivity index (χ0n) is 8.94. The van der Waals surface area contributed by atoms with E-state index in [0.29, 0.717) is 26.3 Å². The fraction of sp³-hybridized carbons (Fsp3) is 0.800. The molecule has 1 amide bonds. The fourth-order valence-corrected chi connectivity index (χ4v) is 1.57. The molecule has 1 fully saturated rings. The van der Waals surface area contributed by atoms with Crippen molar-refractivity contribution in [2.24, 2.45) is 5.92 Å². The smallest absolute Gasteiger partial charge is 0.308 e. The first-order valence-corrected chi connectivity index (χ1v) is 5.23. The van der Waals surface area contributed by atoms with Crippen LogP contribution >= 0.6 is 0 Å². The molecule has 86 valence electrons. The van der Waals surface area contributed by atoms with E-state index in [4.69, 9.17) is 9.84 Å². The van der Waals surface area contributed by atoms with Crippen LogP contribution in [0.3, 0.4) is 0 Å². The van der Waals surface area contributed by atoms with E-state index in [9.17, 15) is 9.59 Å². The molecule has 1 rings (SSSR count). The Morgan fingerprint density at radius 1 is 1.60 bits per heavy atom. The van der Waals surface area contributed by atoms with Crippen molar-refractivity contribution in [2.75, 3.05) is 26.3 Å². The van der Waals surface area contributed by atoms with Crippen molar-refractivity contribution < 1.29 is 19.4 Å². The molecule has 1 atom stereocenters. The van der Waals surface area contributed by atoms with Gasteiger partial charge in [0, 0.05) is 26.1 Å². The summed E-state index contributed by atoms with van der Waals surface area (Å²) in [5.74, 6) is -1.51. The lowest BCUT2D eigenvalue weighted by Crippen LogP contribution is -2.29. The molecule has 0 radical (unpaired) electrons. The minimum Gasteiger partial charge on any atom is -0.481 e. The van der Waals surface area contributed by atoms with E-state index < -0.39 is 11.9 Å². The van der Waals surface area contributed by atoms with Crippen LogP contribution in [0, 0.1) is 5.92 Å². The SMILES string of the molecule is CCCOCCN1C[C@@H](C(=O)O)CC1=O. The Balaban J connectivity index is 2.25. The number of ether oxygens (including phenoxy) is 1. The third kappa shape index (κ3) is 3.51. The lowest BCUT2D eigenvalue weighted by Gasteiger charge is -2.15. The van der Waals surface area contributed by atoms with Crippen LogP contribution in [0.2, 0.25) is 0 Å². The third-order valence-corrected chi connectivity index (χ3v) is 2.42. The lowest BCUT2D eigenvalue weighted by atomic mass is 10.1. The average molecular weight is 215 g/mol. The van der Waals surface area contributed by atoms with Crippen molar-refractivity contribution in [3.63, 3.8) is 0 Å². The van der Waals surface area contributed by atoms with Crippen molar-refractivity contribution in [3.05, 3.63) is 0 Å². The molecule has 0 aromatic carbocycles. The van der Waals surface area contributed by atoms with Crippen LogP contribution in [0.1, 0.15) is 19.8 Å². The van der Waals surface area contributed by atoms with Crippen LogP contribution in [-0.4, -0.2) is 48.2 Å². The number of aliphatic carboxylic acids is 1. The van der Waals surface area contributed by atoms with Gasteiger partial charge in [0.2, 0.25) is 5.91 Å². The first-order chi connectivity index (χ1) is 7.15. The van der Waals surface area contributed by atoms with Crippen LogP contribution in [0.4, 0.5) is 0 Å². The van der Waals surface area contributed by atoms with Gasteiger partial charge in [0.15, 0.2) is 0 Å². The van der Waals surface area contributed by atoms with Gasteiger partial charge in [-0.05, 0) is 6.42 Å². The Labute approximate surface area is 89.0 Å². The summed E-state index contributed by atoms with van der Waals surface area (Å²) in [4.78, 5) is 23.6. The van der Waals surface area contributed by atoms with E-state index in [-0.39, 0.29) is 12.3 Å². The molecule has 0 spiro atoms. The Morgan fingerprint density at radius 2 is 2.33 bits per heavy atom. The second kappa shape index (κ2) is 5.70.